The number of rotatable bonds is 4. The van der Waals surface area contributed by atoms with Crippen LogP contribution in [0, 0.1) is 5.82 Å². The fraction of sp³-hybridized carbons (Fsp3) is 0.391. The molecule has 0 spiro atoms. The highest BCUT2D eigenvalue weighted by atomic mass is 32.1. The van der Waals surface area contributed by atoms with E-state index in [1.54, 1.807) is 27.9 Å². The second kappa shape index (κ2) is 7.88. The molecule has 1 amide bonds. The topological polar surface area (TPSA) is 101 Å². The number of likely N-dealkylation sites (N-methyl/N-ethyl adjacent to an activating group) is 1. The Hall–Kier alpha value is -3.31. The molecule has 2 bridgehead atoms. The summed E-state index contributed by atoms with van der Waals surface area (Å²) in [6.07, 6.45) is 3.40. The Labute approximate surface area is 198 Å². The van der Waals surface area contributed by atoms with E-state index in [4.69, 9.17) is 4.74 Å². The Bertz CT molecular complexity index is 1340. The van der Waals surface area contributed by atoms with Gasteiger partial charge in [0, 0.05) is 19.2 Å². The lowest BCUT2D eigenvalue weighted by Gasteiger charge is -2.51. The summed E-state index contributed by atoms with van der Waals surface area (Å²) in [5.74, 6) is -1.30. The third-order valence-corrected chi connectivity index (χ3v) is 7.66. The molecule has 11 heteroatoms. The summed E-state index contributed by atoms with van der Waals surface area (Å²) in [6, 6.07) is 6.11. The molecule has 2 aromatic heterocycles. The first-order valence-electron chi connectivity index (χ1n) is 11.2. The molecule has 9 nitrogen and oxygen atoms in total. The molecule has 5 heterocycles. The van der Waals surface area contributed by atoms with Crippen molar-refractivity contribution in [2.75, 3.05) is 18.1 Å². The van der Waals surface area contributed by atoms with Crippen LogP contribution in [-0.2, 0) is 11.2 Å². The van der Waals surface area contributed by atoms with Gasteiger partial charge in [0.25, 0.3) is 5.91 Å². The maximum Gasteiger partial charge on any atom is 0.278 e. The number of carbonyl (C=O) groups excluding carboxylic acids is 1. The Kier molecular flexibility index (Phi) is 4.92. The van der Waals surface area contributed by atoms with Gasteiger partial charge >= 0.3 is 0 Å². The molecule has 176 valence electrons. The number of carbonyl (C=O) groups is 1. The summed E-state index contributed by atoms with van der Waals surface area (Å²) >= 11 is 1.23. The third-order valence-electron chi connectivity index (χ3n) is 6.70. The monoisotopic (exact) mass is 483 g/mol. The number of halogens is 1. The highest BCUT2D eigenvalue weighted by molar-refractivity contribution is 7.14. The first kappa shape index (κ1) is 21.2. The van der Waals surface area contributed by atoms with Crippen molar-refractivity contribution < 1.29 is 19.0 Å². The van der Waals surface area contributed by atoms with E-state index in [-0.39, 0.29) is 35.4 Å². The first-order valence-corrected chi connectivity index (χ1v) is 12.1. The van der Waals surface area contributed by atoms with E-state index in [1.165, 1.54) is 23.5 Å². The van der Waals surface area contributed by atoms with E-state index in [1.807, 2.05) is 11.9 Å². The summed E-state index contributed by atoms with van der Waals surface area (Å²) in [5, 5.41) is 22.2. The maximum atomic E-state index is 13.3. The van der Waals surface area contributed by atoms with Crippen LogP contribution in [0.5, 0.6) is 5.75 Å². The van der Waals surface area contributed by atoms with Gasteiger partial charge in [-0.05, 0) is 37.5 Å². The van der Waals surface area contributed by atoms with E-state index >= 15 is 0 Å². The van der Waals surface area contributed by atoms with Crippen LogP contribution in [0.15, 0.2) is 35.3 Å². The molecule has 3 aliphatic heterocycles. The molecule has 34 heavy (non-hydrogen) atoms. The van der Waals surface area contributed by atoms with Crippen molar-refractivity contribution in [3.8, 4) is 16.3 Å². The number of aromatic hydroxyl groups is 1. The van der Waals surface area contributed by atoms with Crippen molar-refractivity contribution >= 4 is 17.2 Å². The minimum atomic E-state index is -0.658. The van der Waals surface area contributed by atoms with E-state index in [0.717, 1.165) is 18.4 Å². The molecular formula is C23H22FN5O4S. The first-order chi connectivity index (χ1) is 16.4. The highest BCUT2D eigenvalue weighted by Crippen LogP contribution is 2.37. The van der Waals surface area contributed by atoms with Gasteiger partial charge in [-0.15, -0.1) is 10.2 Å². The second-order valence-corrected chi connectivity index (χ2v) is 9.78. The molecule has 0 radical (unpaired) electrons. The number of ether oxygens (including phenoxy) is 1. The van der Waals surface area contributed by atoms with Crippen LogP contribution in [-0.4, -0.2) is 62.3 Å². The lowest BCUT2D eigenvalue weighted by Crippen LogP contribution is -2.68. The van der Waals surface area contributed by atoms with Crippen molar-refractivity contribution in [3.05, 3.63) is 62.8 Å². The fourth-order valence-electron chi connectivity index (χ4n) is 5.11. The van der Waals surface area contributed by atoms with Gasteiger partial charge in [-0.25, -0.2) is 4.39 Å². The van der Waals surface area contributed by atoms with E-state index in [2.05, 4.69) is 10.2 Å². The van der Waals surface area contributed by atoms with Crippen molar-refractivity contribution in [1.29, 1.82) is 0 Å². The van der Waals surface area contributed by atoms with Crippen LogP contribution >= 0.6 is 11.3 Å². The number of hydrogen-bond acceptors (Lipinski definition) is 8. The number of fused-ring (bicyclic) bond motifs is 6. The third kappa shape index (κ3) is 3.22. The number of morpholine rings is 1. The molecule has 0 aliphatic carbocycles. The van der Waals surface area contributed by atoms with Gasteiger partial charge in [0.2, 0.25) is 5.43 Å². The smallest absolute Gasteiger partial charge is 0.278 e. The number of benzene rings is 1. The van der Waals surface area contributed by atoms with E-state index in [0.29, 0.717) is 29.5 Å². The number of hydrogen-bond donors (Lipinski definition) is 1. The van der Waals surface area contributed by atoms with Gasteiger partial charge in [-0.1, -0.05) is 23.5 Å². The zero-order chi connectivity index (χ0) is 23.6. The quantitative estimate of drug-likeness (QED) is 0.607. The number of aromatic nitrogens is 3. The highest BCUT2D eigenvalue weighted by Gasteiger charge is 2.50. The van der Waals surface area contributed by atoms with Crippen LogP contribution in [0.25, 0.3) is 10.6 Å². The van der Waals surface area contributed by atoms with E-state index in [9.17, 15) is 19.1 Å². The van der Waals surface area contributed by atoms with Crippen molar-refractivity contribution in [1.82, 2.24) is 19.8 Å². The Morgan fingerprint density at radius 3 is 2.76 bits per heavy atom. The van der Waals surface area contributed by atoms with E-state index < -0.39 is 17.1 Å². The summed E-state index contributed by atoms with van der Waals surface area (Å²) in [5.41, 5.74) is 0.351. The minimum Gasteiger partial charge on any atom is -0.502 e. The summed E-state index contributed by atoms with van der Waals surface area (Å²) in [4.78, 5) is 28.1. The van der Waals surface area contributed by atoms with Crippen LogP contribution < -0.4 is 10.4 Å². The number of pyridine rings is 1. The molecule has 1 N–H and O–H groups in total. The lowest BCUT2D eigenvalue weighted by atomic mass is 10.1. The van der Waals surface area contributed by atoms with Crippen LogP contribution in [0.1, 0.15) is 40.8 Å². The predicted molar refractivity (Wildman–Crippen MR) is 122 cm³/mol. The number of nitrogens with zero attached hydrogens (tertiary/aromatic N) is 5. The van der Waals surface area contributed by atoms with Gasteiger partial charge in [-0.2, -0.15) is 0 Å². The second-order valence-electron chi connectivity index (χ2n) is 8.72. The molecule has 0 saturated carbocycles. The van der Waals surface area contributed by atoms with Crippen LogP contribution in [0.3, 0.4) is 0 Å². The maximum absolute atomic E-state index is 13.3. The average molecular weight is 484 g/mol. The van der Waals surface area contributed by atoms with Crippen molar-refractivity contribution in [2.45, 2.75) is 44.6 Å². The lowest BCUT2D eigenvalue weighted by molar-refractivity contribution is -0.0523. The molecule has 1 aromatic carbocycles. The molecule has 3 aromatic rings. The largest absolute Gasteiger partial charge is 0.502 e. The van der Waals surface area contributed by atoms with Gasteiger partial charge in [0.05, 0.1) is 24.3 Å². The molecule has 3 atom stereocenters. The number of amides is 1. The van der Waals surface area contributed by atoms with Crippen molar-refractivity contribution in [2.24, 2.45) is 0 Å². The fourth-order valence-corrected chi connectivity index (χ4v) is 5.99. The SMILES string of the molecule is CCN1C(=O)c2c(O)c(=O)c(-c3nnc(Cc4ccc(F)cc4)s3)cn2N2C[C@H]3CC[C@H](O3)[C@H]12. The summed E-state index contributed by atoms with van der Waals surface area (Å²) < 4.78 is 20.9. The van der Waals surface area contributed by atoms with Crippen molar-refractivity contribution in [3.63, 3.8) is 0 Å². The molecule has 6 rings (SSSR count). The molecule has 3 aliphatic rings. The standard InChI is InChI=1S/C23H22FN5O4S/c1-2-27-22-16-8-7-14(33-16)10-29(22)28-11-15(19(30)20(31)18(28)23(27)32)21-26-25-17(34-21)9-12-3-5-13(24)6-4-12/h3-6,11,14,16,22,31H,2,7-10H2,1H3/t14-,16+,22-/m1/s1. The zero-order valence-electron chi connectivity index (χ0n) is 18.3. The zero-order valence-corrected chi connectivity index (χ0v) is 19.2. The predicted octanol–water partition coefficient (Wildman–Crippen LogP) is 2.10. The summed E-state index contributed by atoms with van der Waals surface area (Å²) in [6.45, 7) is 2.86. The Balaban J connectivity index is 1.41. The van der Waals surface area contributed by atoms with Crippen LogP contribution in [0.4, 0.5) is 4.39 Å². The molecule has 0 unspecified atom stereocenters. The van der Waals surface area contributed by atoms with Gasteiger partial charge in [0.1, 0.15) is 17.0 Å². The average Bonchev–Trinajstić information content (AvgIpc) is 3.45. The Morgan fingerprint density at radius 2 is 2.00 bits per heavy atom. The summed E-state index contributed by atoms with van der Waals surface area (Å²) in [7, 11) is 0. The minimum absolute atomic E-state index is 0.0369. The molecule has 2 fully saturated rings. The van der Waals surface area contributed by atoms with Gasteiger partial charge in [0.15, 0.2) is 16.5 Å². The van der Waals surface area contributed by atoms with Crippen LogP contribution in [0.2, 0.25) is 0 Å². The normalized spacial score (nSPS) is 23.2. The Morgan fingerprint density at radius 1 is 1.21 bits per heavy atom. The van der Waals surface area contributed by atoms with Gasteiger partial charge < -0.3 is 14.7 Å². The van der Waals surface area contributed by atoms with Gasteiger partial charge in [-0.3, -0.25) is 19.3 Å². The molecule has 2 saturated heterocycles. The molecular weight excluding hydrogens is 461 g/mol.